The Hall–Kier alpha value is -4.28. The van der Waals surface area contributed by atoms with Gasteiger partial charge in [0.2, 0.25) is 29.5 Å². The monoisotopic (exact) mass is 518 g/mol. The molecule has 4 unspecified atom stereocenters. The van der Waals surface area contributed by atoms with E-state index >= 15 is 0 Å². The molecule has 0 aromatic heterocycles. The zero-order valence-corrected chi connectivity index (χ0v) is 19.1. The largest absolute Gasteiger partial charge is 0.481 e. The Morgan fingerprint density at radius 2 is 1.03 bits per heavy atom. The van der Waals surface area contributed by atoms with Crippen molar-refractivity contribution in [2.75, 3.05) is 0 Å². The second-order valence-electron chi connectivity index (χ2n) is 7.67. The number of hydrogen-bond donors (Lipinski definition) is 9. The molecule has 17 nitrogen and oxygen atoms in total. The van der Waals surface area contributed by atoms with E-state index in [0.717, 1.165) is 0 Å². The van der Waals surface area contributed by atoms with E-state index in [2.05, 4.69) is 16.0 Å². The van der Waals surface area contributed by atoms with Crippen LogP contribution in [0.25, 0.3) is 0 Å². The number of aliphatic carboxylic acids is 3. The first-order valence-electron chi connectivity index (χ1n) is 10.5. The summed E-state index contributed by atoms with van der Waals surface area (Å²) in [6.45, 7) is 0. The molecule has 0 aromatic rings. The molecule has 0 aliphatic carbocycles. The standard InChI is InChI=1S/C19H30N6O11/c20-8(1-6-14(28)29)16(32)25-11(7-15(30)31)18(34)23-9(2-4-12(21)26)17(33)24-10(19(35)36)3-5-13(22)27/h8-11H,1-7,20H2,(H2,21,26)(H2,22,27)(H,23,34)(H,24,33)(H,25,32)(H,28,29)(H,30,31)(H,35,36). The van der Waals surface area contributed by atoms with E-state index in [9.17, 15) is 43.5 Å². The van der Waals surface area contributed by atoms with Gasteiger partial charge < -0.3 is 48.5 Å². The molecule has 0 bridgehead atoms. The summed E-state index contributed by atoms with van der Waals surface area (Å²) in [7, 11) is 0. The molecule has 0 aliphatic rings. The van der Waals surface area contributed by atoms with Crippen LogP contribution < -0.4 is 33.2 Å². The lowest BCUT2D eigenvalue weighted by atomic mass is 10.1. The van der Waals surface area contributed by atoms with Crippen LogP contribution in [0.2, 0.25) is 0 Å². The van der Waals surface area contributed by atoms with Crippen molar-refractivity contribution in [3.63, 3.8) is 0 Å². The number of carbonyl (C=O) groups is 8. The van der Waals surface area contributed by atoms with Gasteiger partial charge in [-0.15, -0.1) is 0 Å². The highest BCUT2D eigenvalue weighted by molar-refractivity contribution is 5.96. The molecule has 202 valence electrons. The van der Waals surface area contributed by atoms with Gasteiger partial charge in [0.25, 0.3) is 0 Å². The van der Waals surface area contributed by atoms with Gasteiger partial charge in [-0.05, 0) is 19.3 Å². The van der Waals surface area contributed by atoms with Crippen molar-refractivity contribution >= 4 is 47.4 Å². The lowest BCUT2D eigenvalue weighted by Gasteiger charge is -2.24. The second-order valence-corrected chi connectivity index (χ2v) is 7.67. The number of carboxylic acid groups (broad SMARTS) is 3. The number of rotatable bonds is 18. The van der Waals surface area contributed by atoms with E-state index in [0.29, 0.717) is 0 Å². The van der Waals surface area contributed by atoms with Crippen LogP contribution in [-0.4, -0.2) is 86.9 Å². The second kappa shape index (κ2) is 15.6. The molecule has 0 spiro atoms. The molecule has 0 aromatic carbocycles. The van der Waals surface area contributed by atoms with Crippen LogP contribution in [0.1, 0.15) is 44.9 Å². The van der Waals surface area contributed by atoms with Gasteiger partial charge in [-0.2, -0.15) is 0 Å². The van der Waals surface area contributed by atoms with Crippen molar-refractivity contribution < 1.29 is 53.7 Å². The SMILES string of the molecule is NC(=O)CCC(NC(=O)C(CCC(N)=O)NC(=O)C(CC(=O)O)NC(=O)C(N)CCC(=O)O)C(=O)O. The summed E-state index contributed by atoms with van der Waals surface area (Å²) in [6.07, 6.45) is -3.35. The van der Waals surface area contributed by atoms with Crippen LogP contribution in [-0.2, 0) is 38.4 Å². The van der Waals surface area contributed by atoms with Crippen LogP contribution in [0.15, 0.2) is 0 Å². The van der Waals surface area contributed by atoms with Crippen LogP contribution in [0, 0.1) is 0 Å². The average Bonchev–Trinajstić information content (AvgIpc) is 2.75. The predicted octanol–water partition coefficient (Wildman–Crippen LogP) is -4.28. The van der Waals surface area contributed by atoms with Crippen LogP contribution in [0.4, 0.5) is 0 Å². The number of carboxylic acids is 3. The third kappa shape index (κ3) is 13.4. The summed E-state index contributed by atoms with van der Waals surface area (Å²) in [6, 6.07) is -6.32. The van der Waals surface area contributed by atoms with Crippen LogP contribution >= 0.6 is 0 Å². The maximum Gasteiger partial charge on any atom is 0.326 e. The molecule has 36 heavy (non-hydrogen) atoms. The van der Waals surface area contributed by atoms with Crippen LogP contribution in [0.3, 0.4) is 0 Å². The molecule has 12 N–H and O–H groups in total. The Labute approximate surface area is 204 Å². The normalized spacial score (nSPS) is 13.8. The van der Waals surface area contributed by atoms with E-state index < -0.39 is 97.3 Å². The minimum atomic E-state index is -1.76. The zero-order chi connectivity index (χ0) is 28.0. The molecule has 0 saturated heterocycles. The molecular formula is C19H30N6O11. The quantitative estimate of drug-likeness (QED) is 0.0832. The van der Waals surface area contributed by atoms with Crippen molar-refractivity contribution in [1.29, 1.82) is 0 Å². The van der Waals surface area contributed by atoms with Gasteiger partial charge >= 0.3 is 17.9 Å². The van der Waals surface area contributed by atoms with E-state index in [-0.39, 0.29) is 19.3 Å². The lowest BCUT2D eigenvalue weighted by Crippen LogP contribution is -2.57. The van der Waals surface area contributed by atoms with E-state index in [1.165, 1.54) is 0 Å². The van der Waals surface area contributed by atoms with Gasteiger partial charge in [0.05, 0.1) is 12.5 Å². The Morgan fingerprint density at radius 3 is 1.47 bits per heavy atom. The van der Waals surface area contributed by atoms with Gasteiger partial charge in [0, 0.05) is 19.3 Å². The number of primary amides is 2. The third-order valence-corrected chi connectivity index (χ3v) is 4.62. The number of hydrogen-bond acceptors (Lipinski definition) is 9. The molecule has 0 aliphatic heterocycles. The molecule has 0 rings (SSSR count). The smallest absolute Gasteiger partial charge is 0.326 e. The summed E-state index contributed by atoms with van der Waals surface area (Å²) in [4.78, 5) is 92.8. The van der Waals surface area contributed by atoms with Gasteiger partial charge in [0.15, 0.2) is 0 Å². The molecule has 17 heteroatoms. The summed E-state index contributed by atoms with van der Waals surface area (Å²) in [5.74, 6) is -9.30. The van der Waals surface area contributed by atoms with Gasteiger partial charge in [-0.25, -0.2) is 4.79 Å². The fourth-order valence-corrected chi connectivity index (χ4v) is 2.72. The highest BCUT2D eigenvalue weighted by atomic mass is 16.4. The van der Waals surface area contributed by atoms with Crippen LogP contribution in [0.5, 0.6) is 0 Å². The Bertz CT molecular complexity index is 878. The maximum absolute atomic E-state index is 12.7. The van der Waals surface area contributed by atoms with Crippen molar-refractivity contribution in [1.82, 2.24) is 16.0 Å². The third-order valence-electron chi connectivity index (χ3n) is 4.62. The fourth-order valence-electron chi connectivity index (χ4n) is 2.72. The Kier molecular flexibility index (Phi) is 13.7. The topological polar surface area (TPSA) is 311 Å². The summed E-state index contributed by atoms with van der Waals surface area (Å²) >= 11 is 0. The van der Waals surface area contributed by atoms with Crippen molar-refractivity contribution in [3.8, 4) is 0 Å². The molecule has 0 heterocycles. The Morgan fingerprint density at radius 1 is 0.583 bits per heavy atom. The minimum Gasteiger partial charge on any atom is -0.481 e. The summed E-state index contributed by atoms with van der Waals surface area (Å²) < 4.78 is 0. The number of amides is 5. The highest BCUT2D eigenvalue weighted by Crippen LogP contribution is 2.05. The van der Waals surface area contributed by atoms with Crippen molar-refractivity contribution in [3.05, 3.63) is 0 Å². The molecule has 0 fully saturated rings. The Balaban J connectivity index is 5.59. The maximum atomic E-state index is 12.7. The highest BCUT2D eigenvalue weighted by Gasteiger charge is 2.31. The van der Waals surface area contributed by atoms with E-state index in [1.807, 2.05) is 0 Å². The van der Waals surface area contributed by atoms with E-state index in [4.69, 9.17) is 27.4 Å². The molecule has 0 saturated carbocycles. The first-order chi connectivity index (χ1) is 16.6. The van der Waals surface area contributed by atoms with Gasteiger partial charge in [-0.3, -0.25) is 33.6 Å². The minimum absolute atomic E-state index is 0.311. The van der Waals surface area contributed by atoms with Gasteiger partial charge in [0.1, 0.15) is 18.1 Å². The average molecular weight is 518 g/mol. The van der Waals surface area contributed by atoms with E-state index in [1.54, 1.807) is 0 Å². The summed E-state index contributed by atoms with van der Waals surface area (Å²) in [5.41, 5.74) is 15.6. The molecule has 0 radical (unpaired) electrons. The lowest BCUT2D eigenvalue weighted by molar-refractivity contribution is -0.143. The fraction of sp³-hybridized carbons (Fsp3) is 0.579. The summed E-state index contributed by atoms with van der Waals surface area (Å²) in [5, 5.41) is 33.2. The molecule has 5 amide bonds. The number of nitrogens with one attached hydrogen (secondary N) is 3. The predicted molar refractivity (Wildman–Crippen MR) is 117 cm³/mol. The first-order valence-corrected chi connectivity index (χ1v) is 10.5. The van der Waals surface area contributed by atoms with Gasteiger partial charge in [-0.1, -0.05) is 0 Å². The first kappa shape index (κ1) is 31.7. The molecule has 4 atom stereocenters. The van der Waals surface area contributed by atoms with Crippen molar-refractivity contribution in [2.45, 2.75) is 69.1 Å². The number of carbonyl (C=O) groups excluding carboxylic acids is 5. The number of nitrogens with two attached hydrogens (primary N) is 3. The zero-order valence-electron chi connectivity index (χ0n) is 19.1. The van der Waals surface area contributed by atoms with Crippen molar-refractivity contribution in [2.24, 2.45) is 17.2 Å². The molecular weight excluding hydrogens is 488 g/mol.